The Balaban J connectivity index is 1.77. The molecule has 1 saturated carbocycles. The fraction of sp³-hybridized carbons (Fsp3) is 0.833. The Kier molecular flexibility index (Phi) is 3.93. The summed E-state index contributed by atoms with van der Waals surface area (Å²) >= 11 is 0. The maximum absolute atomic E-state index is 5.34. The summed E-state index contributed by atoms with van der Waals surface area (Å²) in [5.74, 6) is 2.25. The summed E-state index contributed by atoms with van der Waals surface area (Å²) in [7, 11) is 0. The van der Waals surface area contributed by atoms with Crippen molar-refractivity contribution < 1.29 is 4.42 Å². The van der Waals surface area contributed by atoms with E-state index in [2.05, 4.69) is 22.4 Å². The first-order valence-electron chi connectivity index (χ1n) is 6.30. The third kappa shape index (κ3) is 3.04. The standard InChI is InChI=1S/C12H21N3O/c1-3-10-5-4-6-11(7-10)13-8-12-15-14-9(2)16-12/h10-11,13H,3-8H2,1-2H3. The van der Waals surface area contributed by atoms with Gasteiger partial charge < -0.3 is 9.73 Å². The minimum absolute atomic E-state index is 0.630. The van der Waals surface area contributed by atoms with E-state index in [1.54, 1.807) is 0 Å². The lowest BCUT2D eigenvalue weighted by Gasteiger charge is -2.28. The van der Waals surface area contributed by atoms with E-state index in [-0.39, 0.29) is 0 Å². The molecule has 0 spiro atoms. The Hall–Kier alpha value is -0.900. The van der Waals surface area contributed by atoms with Crippen molar-refractivity contribution in [3.8, 4) is 0 Å². The van der Waals surface area contributed by atoms with Gasteiger partial charge in [0.1, 0.15) is 0 Å². The molecule has 2 atom stereocenters. The lowest BCUT2D eigenvalue weighted by Crippen LogP contribution is -2.33. The molecule has 2 unspecified atom stereocenters. The van der Waals surface area contributed by atoms with Crippen LogP contribution >= 0.6 is 0 Å². The topological polar surface area (TPSA) is 51.0 Å². The molecule has 1 aromatic heterocycles. The van der Waals surface area contributed by atoms with E-state index in [4.69, 9.17) is 4.42 Å². The molecule has 0 bridgehead atoms. The zero-order chi connectivity index (χ0) is 11.4. The number of rotatable bonds is 4. The number of hydrogen-bond donors (Lipinski definition) is 1. The quantitative estimate of drug-likeness (QED) is 0.851. The van der Waals surface area contributed by atoms with Crippen molar-refractivity contribution in [2.45, 2.75) is 58.5 Å². The number of aryl methyl sites for hydroxylation is 1. The number of aromatic nitrogens is 2. The van der Waals surface area contributed by atoms with Crippen LogP contribution in [0.5, 0.6) is 0 Å². The minimum Gasteiger partial charge on any atom is -0.424 e. The van der Waals surface area contributed by atoms with Crippen molar-refractivity contribution in [1.82, 2.24) is 15.5 Å². The fourth-order valence-corrected chi connectivity index (χ4v) is 2.49. The van der Waals surface area contributed by atoms with Crippen LogP contribution < -0.4 is 5.32 Å². The Morgan fingerprint density at radius 1 is 1.38 bits per heavy atom. The Bertz CT molecular complexity index is 324. The summed E-state index contributed by atoms with van der Waals surface area (Å²) in [5, 5.41) is 11.3. The van der Waals surface area contributed by atoms with Gasteiger partial charge in [-0.05, 0) is 18.8 Å². The van der Waals surface area contributed by atoms with E-state index in [1.165, 1.54) is 32.1 Å². The van der Waals surface area contributed by atoms with Crippen molar-refractivity contribution in [2.75, 3.05) is 0 Å². The highest BCUT2D eigenvalue weighted by molar-refractivity contribution is 4.82. The largest absolute Gasteiger partial charge is 0.424 e. The highest BCUT2D eigenvalue weighted by Crippen LogP contribution is 2.26. The van der Waals surface area contributed by atoms with E-state index in [0.717, 1.165) is 5.92 Å². The third-order valence-electron chi connectivity index (χ3n) is 3.47. The Labute approximate surface area is 96.8 Å². The molecule has 0 saturated heterocycles. The van der Waals surface area contributed by atoms with Gasteiger partial charge in [0.05, 0.1) is 6.54 Å². The van der Waals surface area contributed by atoms with Crippen molar-refractivity contribution in [2.24, 2.45) is 5.92 Å². The van der Waals surface area contributed by atoms with Crippen molar-refractivity contribution >= 4 is 0 Å². The van der Waals surface area contributed by atoms with Crippen LogP contribution in [-0.2, 0) is 6.54 Å². The molecule has 1 fully saturated rings. The van der Waals surface area contributed by atoms with Crippen LogP contribution in [0.2, 0.25) is 0 Å². The molecule has 0 aliphatic heterocycles. The van der Waals surface area contributed by atoms with Gasteiger partial charge in [-0.25, -0.2) is 0 Å². The predicted molar refractivity (Wildman–Crippen MR) is 61.9 cm³/mol. The van der Waals surface area contributed by atoms with Crippen molar-refractivity contribution in [3.63, 3.8) is 0 Å². The molecular weight excluding hydrogens is 202 g/mol. The molecule has 4 heteroatoms. The molecule has 1 aromatic rings. The van der Waals surface area contributed by atoms with Crippen LogP contribution in [0.25, 0.3) is 0 Å². The molecule has 1 aliphatic carbocycles. The van der Waals surface area contributed by atoms with Gasteiger partial charge >= 0.3 is 0 Å². The summed E-state index contributed by atoms with van der Waals surface area (Å²) < 4.78 is 5.34. The van der Waals surface area contributed by atoms with Gasteiger partial charge in [-0.2, -0.15) is 0 Å². The Morgan fingerprint density at radius 2 is 2.25 bits per heavy atom. The first kappa shape index (κ1) is 11.6. The van der Waals surface area contributed by atoms with Gasteiger partial charge in [0, 0.05) is 13.0 Å². The summed E-state index contributed by atoms with van der Waals surface area (Å²) in [6.07, 6.45) is 6.62. The van der Waals surface area contributed by atoms with E-state index >= 15 is 0 Å². The van der Waals surface area contributed by atoms with Crippen LogP contribution in [0, 0.1) is 12.8 Å². The molecule has 0 aromatic carbocycles. The molecular formula is C12H21N3O. The summed E-state index contributed by atoms with van der Waals surface area (Å²) in [5.41, 5.74) is 0. The van der Waals surface area contributed by atoms with Crippen molar-refractivity contribution in [1.29, 1.82) is 0 Å². The molecule has 2 rings (SSSR count). The normalized spacial score (nSPS) is 25.9. The lowest BCUT2D eigenvalue weighted by molar-refractivity contribution is 0.271. The molecule has 16 heavy (non-hydrogen) atoms. The first-order chi connectivity index (χ1) is 7.78. The van der Waals surface area contributed by atoms with E-state index in [9.17, 15) is 0 Å². The van der Waals surface area contributed by atoms with Gasteiger partial charge in [0.25, 0.3) is 0 Å². The molecule has 1 heterocycles. The summed E-state index contributed by atoms with van der Waals surface area (Å²) in [6.45, 7) is 4.82. The first-order valence-corrected chi connectivity index (χ1v) is 6.30. The number of nitrogens with zero attached hydrogens (tertiary/aromatic N) is 2. The van der Waals surface area contributed by atoms with Crippen LogP contribution in [-0.4, -0.2) is 16.2 Å². The van der Waals surface area contributed by atoms with E-state index in [0.29, 0.717) is 24.4 Å². The third-order valence-corrected chi connectivity index (χ3v) is 3.47. The van der Waals surface area contributed by atoms with Crippen LogP contribution in [0.1, 0.15) is 50.8 Å². The maximum Gasteiger partial charge on any atom is 0.230 e. The van der Waals surface area contributed by atoms with Crippen LogP contribution in [0.4, 0.5) is 0 Å². The fourth-order valence-electron chi connectivity index (χ4n) is 2.49. The van der Waals surface area contributed by atoms with Gasteiger partial charge in [-0.15, -0.1) is 10.2 Å². The zero-order valence-corrected chi connectivity index (χ0v) is 10.2. The highest BCUT2D eigenvalue weighted by atomic mass is 16.4. The summed E-state index contributed by atoms with van der Waals surface area (Å²) in [4.78, 5) is 0. The molecule has 0 amide bonds. The van der Waals surface area contributed by atoms with E-state index < -0.39 is 0 Å². The monoisotopic (exact) mass is 223 g/mol. The summed E-state index contributed by atoms with van der Waals surface area (Å²) in [6, 6.07) is 0.630. The maximum atomic E-state index is 5.34. The highest BCUT2D eigenvalue weighted by Gasteiger charge is 2.20. The molecule has 4 nitrogen and oxygen atoms in total. The molecule has 1 N–H and O–H groups in total. The molecule has 90 valence electrons. The van der Waals surface area contributed by atoms with Gasteiger partial charge in [0.2, 0.25) is 11.8 Å². The Morgan fingerprint density at radius 3 is 2.94 bits per heavy atom. The zero-order valence-electron chi connectivity index (χ0n) is 10.2. The molecule has 1 aliphatic rings. The lowest BCUT2D eigenvalue weighted by atomic mass is 9.84. The minimum atomic E-state index is 0.630. The van der Waals surface area contributed by atoms with Gasteiger partial charge in [-0.3, -0.25) is 0 Å². The van der Waals surface area contributed by atoms with Gasteiger partial charge in [-0.1, -0.05) is 26.2 Å². The van der Waals surface area contributed by atoms with Crippen LogP contribution in [0.15, 0.2) is 4.42 Å². The smallest absolute Gasteiger partial charge is 0.230 e. The second kappa shape index (κ2) is 5.43. The number of nitrogens with one attached hydrogen (secondary N) is 1. The molecule has 0 radical (unpaired) electrons. The second-order valence-electron chi connectivity index (χ2n) is 4.73. The van der Waals surface area contributed by atoms with Gasteiger partial charge in [0.15, 0.2) is 0 Å². The van der Waals surface area contributed by atoms with E-state index in [1.807, 2.05) is 6.92 Å². The van der Waals surface area contributed by atoms with Crippen molar-refractivity contribution in [3.05, 3.63) is 11.8 Å². The average Bonchev–Trinajstić information content (AvgIpc) is 2.73. The average molecular weight is 223 g/mol. The van der Waals surface area contributed by atoms with Crippen LogP contribution in [0.3, 0.4) is 0 Å². The predicted octanol–water partition coefficient (Wildman–Crippen LogP) is 2.44. The SMILES string of the molecule is CCC1CCCC(NCc2nnc(C)o2)C1. The second-order valence-corrected chi connectivity index (χ2v) is 4.73. The number of hydrogen-bond acceptors (Lipinski definition) is 4.